The lowest BCUT2D eigenvalue weighted by Crippen LogP contribution is -2.38. The Labute approximate surface area is 190 Å². The van der Waals surface area contributed by atoms with Crippen LogP contribution in [-0.4, -0.2) is 52.2 Å². The number of nitrogens with one attached hydrogen (secondary N) is 1. The summed E-state index contributed by atoms with van der Waals surface area (Å²) in [6.07, 6.45) is 5.65. The van der Waals surface area contributed by atoms with Crippen LogP contribution in [0.1, 0.15) is 25.0 Å². The lowest BCUT2D eigenvalue weighted by molar-refractivity contribution is -0.125. The van der Waals surface area contributed by atoms with Gasteiger partial charge in [-0.25, -0.2) is 0 Å². The first kappa shape index (κ1) is 21.9. The molecule has 4 rings (SSSR count). The molecule has 0 unspecified atom stereocenters. The number of benzene rings is 1. The Hall–Kier alpha value is -3.33. The van der Waals surface area contributed by atoms with Gasteiger partial charge in [-0.15, -0.1) is 0 Å². The van der Waals surface area contributed by atoms with Crippen LogP contribution >= 0.6 is 11.8 Å². The van der Waals surface area contributed by atoms with Crippen molar-refractivity contribution in [3.8, 4) is 11.5 Å². The maximum Gasteiger partial charge on any atom is 0.293 e. The lowest BCUT2D eigenvalue weighted by atomic mass is 10.0. The van der Waals surface area contributed by atoms with Crippen LogP contribution in [0.25, 0.3) is 6.08 Å². The van der Waals surface area contributed by atoms with E-state index >= 15 is 0 Å². The van der Waals surface area contributed by atoms with E-state index in [0.29, 0.717) is 16.4 Å². The van der Waals surface area contributed by atoms with E-state index in [9.17, 15) is 14.4 Å². The fraction of sp³-hybridized carbons (Fsp3) is 0.304. The van der Waals surface area contributed by atoms with Crippen molar-refractivity contribution in [2.24, 2.45) is 0 Å². The number of thioether (sulfide) groups is 1. The maximum atomic E-state index is 12.5. The Kier molecular flexibility index (Phi) is 6.18. The largest absolute Gasteiger partial charge is 0.483 e. The van der Waals surface area contributed by atoms with Crippen LogP contribution in [0.4, 0.5) is 4.79 Å². The van der Waals surface area contributed by atoms with Gasteiger partial charge in [-0.1, -0.05) is 18.2 Å². The molecule has 0 aliphatic carbocycles. The van der Waals surface area contributed by atoms with Gasteiger partial charge in [0.25, 0.3) is 17.1 Å². The van der Waals surface area contributed by atoms with Crippen LogP contribution in [0.2, 0.25) is 0 Å². The average Bonchev–Trinajstić information content (AvgIpc) is 3.22. The minimum Gasteiger partial charge on any atom is -0.483 e. The molecule has 0 spiro atoms. The van der Waals surface area contributed by atoms with Gasteiger partial charge >= 0.3 is 0 Å². The highest BCUT2D eigenvalue weighted by Crippen LogP contribution is 2.41. The molecule has 0 saturated carbocycles. The van der Waals surface area contributed by atoms with Crippen LogP contribution in [0.15, 0.2) is 47.6 Å². The number of carbonyl (C=O) groups is 3. The van der Waals surface area contributed by atoms with Crippen molar-refractivity contribution >= 4 is 34.9 Å². The van der Waals surface area contributed by atoms with Gasteiger partial charge in [0.15, 0.2) is 18.1 Å². The van der Waals surface area contributed by atoms with Gasteiger partial charge in [0, 0.05) is 37.5 Å². The van der Waals surface area contributed by atoms with Crippen LogP contribution in [0, 0.1) is 0 Å². The van der Waals surface area contributed by atoms with E-state index in [1.54, 1.807) is 36.7 Å². The lowest BCUT2D eigenvalue weighted by Gasteiger charge is -2.18. The molecule has 166 valence electrons. The van der Waals surface area contributed by atoms with Crippen LogP contribution in [-0.2, 0) is 16.0 Å². The topological polar surface area (TPSA) is 97.8 Å². The maximum absolute atomic E-state index is 12.5. The Bertz CT molecular complexity index is 1080. The van der Waals surface area contributed by atoms with Crippen LogP contribution < -0.4 is 14.8 Å². The van der Waals surface area contributed by atoms with E-state index in [1.807, 2.05) is 26.0 Å². The van der Waals surface area contributed by atoms with Crippen LogP contribution in [0.5, 0.6) is 11.5 Å². The molecule has 9 heteroatoms. The zero-order chi connectivity index (χ0) is 22.7. The third-order valence-electron chi connectivity index (χ3n) is 4.93. The van der Waals surface area contributed by atoms with Crippen molar-refractivity contribution in [3.05, 3.63) is 58.8 Å². The standard InChI is InChI=1S/C23H23N3O5S/c1-23(2)12-16-6-3-7-17(20(16)31-23)30-14-19(27)25-9-10-26-21(28)18(32-22(26)29)11-15-5-4-8-24-13-15/h3-8,11,13H,9-10,12,14H2,1-2H3,(H,25,27). The number of hydrogen-bond donors (Lipinski definition) is 1. The Morgan fingerprint density at radius 3 is 2.94 bits per heavy atom. The first-order valence-electron chi connectivity index (χ1n) is 10.2. The number of imide groups is 1. The fourth-order valence-electron chi connectivity index (χ4n) is 3.51. The second kappa shape index (κ2) is 9.04. The number of pyridine rings is 1. The van der Waals surface area contributed by atoms with Crippen molar-refractivity contribution in [3.63, 3.8) is 0 Å². The Morgan fingerprint density at radius 2 is 2.16 bits per heavy atom. The molecule has 2 aromatic rings. The minimum atomic E-state index is -0.381. The number of para-hydroxylation sites is 1. The summed E-state index contributed by atoms with van der Waals surface area (Å²) in [4.78, 5) is 42.3. The highest BCUT2D eigenvalue weighted by atomic mass is 32.2. The van der Waals surface area contributed by atoms with E-state index < -0.39 is 0 Å². The first-order chi connectivity index (χ1) is 15.3. The molecular weight excluding hydrogens is 430 g/mol. The van der Waals surface area contributed by atoms with E-state index in [-0.39, 0.29) is 42.4 Å². The number of rotatable bonds is 7. The number of nitrogens with zero attached hydrogens (tertiary/aromatic N) is 2. The minimum absolute atomic E-state index is 0.0822. The molecule has 0 bridgehead atoms. The second-order valence-corrected chi connectivity index (χ2v) is 9.03. The van der Waals surface area contributed by atoms with Crippen molar-refractivity contribution in [2.75, 3.05) is 19.7 Å². The summed E-state index contributed by atoms with van der Waals surface area (Å²) in [7, 11) is 0. The van der Waals surface area contributed by atoms with Crippen molar-refractivity contribution in [2.45, 2.75) is 25.9 Å². The van der Waals surface area contributed by atoms with Crippen molar-refractivity contribution in [1.29, 1.82) is 0 Å². The highest BCUT2D eigenvalue weighted by Gasteiger charge is 2.35. The van der Waals surface area contributed by atoms with Gasteiger partial charge in [0.1, 0.15) is 5.60 Å². The van der Waals surface area contributed by atoms with E-state index in [4.69, 9.17) is 9.47 Å². The summed E-state index contributed by atoms with van der Waals surface area (Å²) in [6.45, 7) is 4.03. The number of carbonyl (C=O) groups excluding carboxylic acids is 3. The molecule has 8 nitrogen and oxygen atoms in total. The summed E-state index contributed by atoms with van der Waals surface area (Å²) >= 11 is 0.874. The summed E-state index contributed by atoms with van der Waals surface area (Å²) in [6, 6.07) is 9.17. The molecule has 1 aromatic carbocycles. The molecule has 0 atom stereocenters. The zero-order valence-electron chi connectivity index (χ0n) is 17.8. The van der Waals surface area contributed by atoms with Gasteiger partial charge in [0.05, 0.1) is 4.91 Å². The molecule has 1 N–H and O–H groups in total. The number of amides is 3. The number of aromatic nitrogens is 1. The Balaban J connectivity index is 1.26. The van der Waals surface area contributed by atoms with Gasteiger partial charge < -0.3 is 14.8 Å². The predicted molar refractivity (Wildman–Crippen MR) is 120 cm³/mol. The number of hydrogen-bond acceptors (Lipinski definition) is 7. The fourth-order valence-corrected chi connectivity index (χ4v) is 4.37. The third-order valence-corrected chi connectivity index (χ3v) is 5.83. The van der Waals surface area contributed by atoms with Gasteiger partial charge in [0.2, 0.25) is 0 Å². The zero-order valence-corrected chi connectivity index (χ0v) is 18.6. The summed E-state index contributed by atoms with van der Waals surface area (Å²) in [5.41, 5.74) is 1.48. The predicted octanol–water partition coefficient (Wildman–Crippen LogP) is 3.03. The highest BCUT2D eigenvalue weighted by molar-refractivity contribution is 8.18. The second-order valence-electron chi connectivity index (χ2n) is 8.04. The summed E-state index contributed by atoms with van der Waals surface area (Å²) < 4.78 is 11.6. The molecular formula is C23H23N3O5S. The van der Waals surface area contributed by atoms with Crippen molar-refractivity contribution in [1.82, 2.24) is 15.2 Å². The number of fused-ring (bicyclic) bond motifs is 1. The SMILES string of the molecule is CC1(C)Cc2cccc(OCC(=O)NCCN3C(=O)SC(=Cc4cccnc4)C3=O)c2O1. The molecule has 1 fully saturated rings. The molecule has 1 aromatic heterocycles. The molecule has 1 saturated heterocycles. The first-order valence-corrected chi connectivity index (χ1v) is 11.0. The van der Waals surface area contributed by atoms with Crippen LogP contribution in [0.3, 0.4) is 0 Å². The molecule has 0 radical (unpaired) electrons. The summed E-state index contributed by atoms with van der Waals surface area (Å²) in [5.74, 6) is 0.463. The van der Waals surface area contributed by atoms with Crippen molar-refractivity contribution < 1.29 is 23.9 Å². The summed E-state index contributed by atoms with van der Waals surface area (Å²) in [5, 5.41) is 2.31. The Morgan fingerprint density at radius 1 is 1.31 bits per heavy atom. The third kappa shape index (κ3) is 4.94. The van der Waals surface area contributed by atoms with E-state index in [1.165, 1.54) is 0 Å². The van der Waals surface area contributed by atoms with Gasteiger partial charge in [-0.3, -0.25) is 24.3 Å². The molecule has 2 aliphatic heterocycles. The molecule has 3 amide bonds. The average molecular weight is 454 g/mol. The van der Waals surface area contributed by atoms with E-state index in [0.717, 1.165) is 34.2 Å². The van der Waals surface area contributed by atoms with Gasteiger partial charge in [-0.05, 0) is 49.4 Å². The molecule has 3 heterocycles. The normalized spacial score (nSPS) is 17.9. The van der Waals surface area contributed by atoms with Gasteiger partial charge in [-0.2, -0.15) is 0 Å². The quantitative estimate of drug-likeness (QED) is 0.644. The van der Waals surface area contributed by atoms with E-state index in [2.05, 4.69) is 10.3 Å². The molecule has 2 aliphatic rings. The monoisotopic (exact) mass is 453 g/mol. The smallest absolute Gasteiger partial charge is 0.293 e. The molecule has 32 heavy (non-hydrogen) atoms. The number of ether oxygens (including phenoxy) is 2.